The molecule has 0 amide bonds. The van der Waals surface area contributed by atoms with E-state index in [0.29, 0.717) is 12.7 Å². The summed E-state index contributed by atoms with van der Waals surface area (Å²) in [6.07, 6.45) is 1.11. The van der Waals surface area contributed by atoms with E-state index in [-0.39, 0.29) is 6.61 Å². The minimum Gasteiger partial charge on any atom is -0.324 e. The maximum absolute atomic E-state index is 10.4. The van der Waals surface area contributed by atoms with Crippen LogP contribution in [0, 0.1) is 0 Å². The molecule has 5 heteroatoms. The van der Waals surface area contributed by atoms with E-state index in [1.165, 1.54) is 0 Å². The Morgan fingerprint density at radius 2 is 2.33 bits per heavy atom. The van der Waals surface area contributed by atoms with E-state index in [0.717, 1.165) is 6.66 Å². The minimum absolute atomic E-state index is 0.265. The molecule has 2 radical (unpaired) electrons. The van der Waals surface area contributed by atoms with Gasteiger partial charge in [-0.05, 0) is 6.42 Å². The number of hydrogen-bond acceptors (Lipinski definition) is 2. The molecular weight excluding hydrogens is 138 g/mol. The largest absolute Gasteiger partial charge is 0.325 e. The summed E-state index contributed by atoms with van der Waals surface area (Å²) in [7, 11) is 1.86. The van der Waals surface area contributed by atoms with Gasteiger partial charge in [-0.2, -0.15) is 0 Å². The molecule has 9 heavy (non-hydrogen) atoms. The maximum Gasteiger partial charge on any atom is 0.325 e. The van der Waals surface area contributed by atoms with Gasteiger partial charge in [0.1, 0.15) is 0 Å². The Bertz CT molecular complexity index is 110. The van der Waals surface area contributed by atoms with Gasteiger partial charge >= 0.3 is 7.60 Å². The highest BCUT2D eigenvalue weighted by Gasteiger charge is 2.07. The van der Waals surface area contributed by atoms with E-state index in [4.69, 9.17) is 12.7 Å². The SMILES string of the molecule is [B]CCCOP(C)(=O)O. The lowest BCUT2D eigenvalue weighted by Gasteiger charge is -2.04. The predicted octanol–water partition coefficient (Wildman–Crippen LogP) is 0.795. The lowest BCUT2D eigenvalue weighted by atomic mass is 10.0. The van der Waals surface area contributed by atoms with Gasteiger partial charge in [0.2, 0.25) is 0 Å². The van der Waals surface area contributed by atoms with E-state index in [1.807, 2.05) is 0 Å². The van der Waals surface area contributed by atoms with Gasteiger partial charge in [-0.25, -0.2) is 0 Å². The van der Waals surface area contributed by atoms with Crippen LogP contribution in [-0.4, -0.2) is 26.0 Å². The van der Waals surface area contributed by atoms with Gasteiger partial charge in [-0.15, -0.1) is 0 Å². The second-order valence-electron chi connectivity index (χ2n) is 1.78. The zero-order valence-corrected chi connectivity index (χ0v) is 6.30. The molecule has 0 spiro atoms. The zero-order chi connectivity index (χ0) is 7.33. The van der Waals surface area contributed by atoms with Crippen molar-refractivity contribution in [2.45, 2.75) is 12.7 Å². The zero-order valence-electron chi connectivity index (χ0n) is 5.41. The second-order valence-corrected chi connectivity index (χ2v) is 3.64. The lowest BCUT2D eigenvalue weighted by Crippen LogP contribution is -1.90. The van der Waals surface area contributed by atoms with Crippen molar-refractivity contribution in [3.8, 4) is 0 Å². The van der Waals surface area contributed by atoms with E-state index in [2.05, 4.69) is 4.52 Å². The molecule has 52 valence electrons. The van der Waals surface area contributed by atoms with Crippen LogP contribution in [0.25, 0.3) is 0 Å². The minimum atomic E-state index is -3.25. The van der Waals surface area contributed by atoms with Crippen molar-refractivity contribution in [2.75, 3.05) is 13.3 Å². The Hall–Kier alpha value is 0.215. The van der Waals surface area contributed by atoms with Crippen LogP contribution in [0.4, 0.5) is 0 Å². The van der Waals surface area contributed by atoms with Crippen LogP contribution in [0.15, 0.2) is 0 Å². The van der Waals surface area contributed by atoms with Crippen molar-refractivity contribution in [3.63, 3.8) is 0 Å². The topological polar surface area (TPSA) is 46.5 Å². The summed E-state index contributed by atoms with van der Waals surface area (Å²) in [5.41, 5.74) is 0. The smallest absolute Gasteiger partial charge is 0.324 e. The van der Waals surface area contributed by atoms with Gasteiger partial charge in [0.15, 0.2) is 0 Å². The van der Waals surface area contributed by atoms with Crippen molar-refractivity contribution in [3.05, 3.63) is 0 Å². The van der Waals surface area contributed by atoms with Crippen molar-refractivity contribution >= 4 is 15.4 Å². The molecule has 3 nitrogen and oxygen atoms in total. The molecule has 0 aliphatic heterocycles. The molecule has 1 unspecified atom stereocenters. The van der Waals surface area contributed by atoms with Gasteiger partial charge in [0.25, 0.3) is 0 Å². The third kappa shape index (κ3) is 8.21. The second kappa shape index (κ2) is 4.10. The first-order valence-corrected chi connectivity index (χ1v) is 4.73. The summed E-state index contributed by atoms with van der Waals surface area (Å²) < 4.78 is 14.9. The highest BCUT2D eigenvalue weighted by atomic mass is 31.2. The molecule has 0 saturated carbocycles. The van der Waals surface area contributed by atoms with E-state index in [1.54, 1.807) is 0 Å². The average Bonchev–Trinajstić information content (AvgIpc) is 1.63. The first-order valence-electron chi connectivity index (χ1n) is 2.71. The Morgan fingerprint density at radius 3 is 2.67 bits per heavy atom. The lowest BCUT2D eigenvalue weighted by molar-refractivity contribution is 0.265. The summed E-state index contributed by atoms with van der Waals surface area (Å²) in [6, 6.07) is 0. The van der Waals surface area contributed by atoms with Crippen LogP contribution in [0.1, 0.15) is 6.42 Å². The van der Waals surface area contributed by atoms with Gasteiger partial charge < -0.3 is 9.42 Å². The first-order chi connectivity index (χ1) is 4.06. The Morgan fingerprint density at radius 1 is 1.78 bits per heavy atom. The van der Waals surface area contributed by atoms with Crippen LogP contribution in [0.5, 0.6) is 0 Å². The van der Waals surface area contributed by atoms with Crippen LogP contribution in [0.3, 0.4) is 0 Å². The Labute approximate surface area is 56.4 Å². The van der Waals surface area contributed by atoms with E-state index in [9.17, 15) is 4.57 Å². The fourth-order valence-corrected chi connectivity index (χ4v) is 0.785. The molecule has 0 aromatic rings. The molecule has 1 N–H and O–H groups in total. The van der Waals surface area contributed by atoms with Crippen molar-refractivity contribution in [1.82, 2.24) is 0 Å². The predicted molar refractivity (Wildman–Crippen MR) is 36.9 cm³/mol. The highest BCUT2D eigenvalue weighted by molar-refractivity contribution is 7.51. The Kier molecular flexibility index (Phi) is 4.20. The third-order valence-electron chi connectivity index (χ3n) is 0.679. The molecule has 0 aromatic heterocycles. The van der Waals surface area contributed by atoms with Crippen LogP contribution in [-0.2, 0) is 9.09 Å². The fourth-order valence-electron chi connectivity index (χ4n) is 0.317. The summed E-state index contributed by atoms with van der Waals surface area (Å²) in [5.74, 6) is 0. The van der Waals surface area contributed by atoms with Crippen molar-refractivity contribution < 1.29 is 14.0 Å². The van der Waals surface area contributed by atoms with Gasteiger partial charge in [0.05, 0.1) is 14.5 Å². The fraction of sp³-hybridized carbons (Fsp3) is 1.00. The maximum atomic E-state index is 10.4. The quantitative estimate of drug-likeness (QED) is 0.364. The van der Waals surface area contributed by atoms with E-state index < -0.39 is 7.60 Å². The molecular formula is C4H10BO3P. The molecule has 0 aliphatic rings. The van der Waals surface area contributed by atoms with Crippen molar-refractivity contribution in [2.24, 2.45) is 0 Å². The van der Waals surface area contributed by atoms with Crippen LogP contribution in [0.2, 0.25) is 6.32 Å². The molecule has 0 fully saturated rings. The number of hydrogen-bond donors (Lipinski definition) is 1. The molecule has 0 bridgehead atoms. The van der Waals surface area contributed by atoms with Gasteiger partial charge in [-0.3, -0.25) is 4.57 Å². The Balaban J connectivity index is 3.18. The van der Waals surface area contributed by atoms with Crippen LogP contribution >= 0.6 is 7.60 Å². The summed E-state index contributed by atoms with van der Waals surface area (Å²) in [4.78, 5) is 8.54. The molecule has 0 saturated heterocycles. The molecule has 0 aliphatic carbocycles. The summed E-state index contributed by atoms with van der Waals surface area (Å²) in [6.45, 7) is 1.42. The highest BCUT2D eigenvalue weighted by Crippen LogP contribution is 2.36. The molecule has 0 aromatic carbocycles. The number of rotatable bonds is 4. The summed E-state index contributed by atoms with van der Waals surface area (Å²) in [5, 5.41) is 0. The van der Waals surface area contributed by atoms with Gasteiger partial charge in [0, 0.05) is 6.66 Å². The summed E-state index contributed by atoms with van der Waals surface area (Å²) >= 11 is 0. The van der Waals surface area contributed by atoms with E-state index >= 15 is 0 Å². The standard InChI is InChI=1S/C4H10BO3P/c1-9(6,7)8-4-2-3-5/h2-4H2,1H3,(H,6,7). The first kappa shape index (κ1) is 9.21. The third-order valence-corrected chi connectivity index (χ3v) is 1.34. The average molecular weight is 148 g/mol. The van der Waals surface area contributed by atoms with Gasteiger partial charge in [-0.1, -0.05) is 6.32 Å². The monoisotopic (exact) mass is 148 g/mol. The molecule has 0 rings (SSSR count). The molecule has 1 atom stereocenters. The molecule has 0 heterocycles. The van der Waals surface area contributed by atoms with Crippen LogP contribution < -0.4 is 0 Å². The normalized spacial score (nSPS) is 17.1. The van der Waals surface area contributed by atoms with Crippen molar-refractivity contribution in [1.29, 1.82) is 0 Å².